The molecule has 6 heteroatoms. The van der Waals surface area contributed by atoms with Crippen molar-refractivity contribution in [1.82, 2.24) is 4.98 Å². The first kappa shape index (κ1) is 14.6. The highest BCUT2D eigenvalue weighted by Gasteiger charge is 2.11. The normalized spacial score (nSPS) is 12.2. The predicted molar refractivity (Wildman–Crippen MR) is 72.6 cm³/mol. The van der Waals surface area contributed by atoms with E-state index in [1.165, 1.54) is 7.11 Å². The number of ether oxygens (including phenoxy) is 1. The van der Waals surface area contributed by atoms with Crippen molar-refractivity contribution in [3.05, 3.63) is 26.9 Å². The molecule has 0 saturated heterocycles. The number of hydrogen-bond donors (Lipinski definition) is 1. The fourth-order valence-corrected chi connectivity index (χ4v) is 2.50. The predicted octanol–water partition coefficient (Wildman–Crippen LogP) is 2.43. The van der Waals surface area contributed by atoms with Crippen LogP contribution in [0, 0.1) is 0 Å². The molecule has 1 aromatic heterocycles. The average molecular weight is 366 g/mol. The van der Waals surface area contributed by atoms with Crippen molar-refractivity contribution in [1.29, 1.82) is 0 Å². The maximum atomic E-state index is 11.0. The summed E-state index contributed by atoms with van der Waals surface area (Å²) in [5.41, 5.74) is 6.83. The van der Waals surface area contributed by atoms with Crippen LogP contribution in [0.25, 0.3) is 0 Å². The van der Waals surface area contributed by atoms with Crippen LogP contribution in [-0.4, -0.2) is 24.1 Å². The van der Waals surface area contributed by atoms with E-state index < -0.39 is 0 Å². The van der Waals surface area contributed by atoms with E-state index in [4.69, 9.17) is 5.73 Å². The summed E-state index contributed by atoms with van der Waals surface area (Å²) >= 11 is 6.77. The van der Waals surface area contributed by atoms with Gasteiger partial charge in [-0.15, -0.1) is 0 Å². The minimum atomic E-state index is -0.233. The molecular weight excluding hydrogens is 352 g/mol. The van der Waals surface area contributed by atoms with Crippen molar-refractivity contribution < 1.29 is 9.53 Å². The zero-order valence-electron chi connectivity index (χ0n) is 9.45. The van der Waals surface area contributed by atoms with Crippen molar-refractivity contribution in [2.45, 2.75) is 25.3 Å². The van der Waals surface area contributed by atoms with Gasteiger partial charge >= 0.3 is 5.97 Å². The van der Waals surface area contributed by atoms with Gasteiger partial charge in [-0.2, -0.15) is 0 Å². The Hall–Kier alpha value is -0.460. The third-order valence-corrected chi connectivity index (χ3v) is 3.41. The highest BCUT2D eigenvalue weighted by Crippen LogP contribution is 2.20. The first-order valence-electron chi connectivity index (χ1n) is 5.15. The standard InChI is InChI=1S/C11H14Br2N2O2/c1-17-11(16)3-2-8(14)5-10-9(13)4-7(12)6-15-10/h4,6,8H,2-3,5,14H2,1H3. The van der Waals surface area contributed by atoms with Gasteiger partial charge in [-0.3, -0.25) is 9.78 Å². The minimum absolute atomic E-state index is 0.0981. The Morgan fingerprint density at radius 1 is 1.59 bits per heavy atom. The third-order valence-electron chi connectivity index (χ3n) is 2.29. The molecule has 0 fully saturated rings. The van der Waals surface area contributed by atoms with E-state index in [2.05, 4.69) is 41.6 Å². The number of carbonyl (C=O) groups is 1. The van der Waals surface area contributed by atoms with Crippen molar-refractivity contribution in [3.63, 3.8) is 0 Å². The molecule has 0 aliphatic rings. The SMILES string of the molecule is COC(=O)CCC(N)Cc1ncc(Br)cc1Br. The van der Waals surface area contributed by atoms with E-state index in [0.717, 1.165) is 14.6 Å². The Labute approximate surface area is 117 Å². The first-order chi connectivity index (χ1) is 8.02. The number of halogens is 2. The minimum Gasteiger partial charge on any atom is -0.469 e. The van der Waals surface area contributed by atoms with Crippen molar-refractivity contribution in [2.24, 2.45) is 5.73 Å². The lowest BCUT2D eigenvalue weighted by Gasteiger charge is -2.11. The summed E-state index contributed by atoms with van der Waals surface area (Å²) in [6.07, 6.45) is 3.29. The molecule has 0 spiro atoms. The second-order valence-corrected chi connectivity index (χ2v) is 5.43. The topological polar surface area (TPSA) is 65.2 Å². The molecule has 2 N–H and O–H groups in total. The zero-order chi connectivity index (χ0) is 12.8. The second kappa shape index (κ2) is 7.08. The molecule has 1 aromatic rings. The van der Waals surface area contributed by atoms with Crippen molar-refractivity contribution >= 4 is 37.8 Å². The van der Waals surface area contributed by atoms with Gasteiger partial charge in [0.2, 0.25) is 0 Å². The molecule has 0 aliphatic heterocycles. The number of hydrogen-bond acceptors (Lipinski definition) is 4. The number of pyridine rings is 1. The third kappa shape index (κ3) is 5.14. The van der Waals surface area contributed by atoms with Crippen LogP contribution in [0.15, 0.2) is 21.2 Å². The number of rotatable bonds is 5. The van der Waals surface area contributed by atoms with Crippen LogP contribution in [0.2, 0.25) is 0 Å². The summed E-state index contributed by atoms with van der Waals surface area (Å²) < 4.78 is 6.39. The summed E-state index contributed by atoms with van der Waals surface area (Å²) in [4.78, 5) is 15.2. The number of nitrogens with two attached hydrogens (primary N) is 1. The maximum absolute atomic E-state index is 11.0. The van der Waals surface area contributed by atoms with Crippen molar-refractivity contribution in [3.8, 4) is 0 Å². The molecule has 0 bridgehead atoms. The smallest absolute Gasteiger partial charge is 0.305 e. The van der Waals surface area contributed by atoms with Crippen LogP contribution >= 0.6 is 31.9 Å². The molecule has 1 unspecified atom stereocenters. The molecule has 1 atom stereocenters. The van der Waals surface area contributed by atoms with Gasteiger partial charge in [0.1, 0.15) is 0 Å². The van der Waals surface area contributed by atoms with Crippen LogP contribution in [0.4, 0.5) is 0 Å². The van der Waals surface area contributed by atoms with Gasteiger partial charge in [0.15, 0.2) is 0 Å². The fraction of sp³-hybridized carbons (Fsp3) is 0.455. The van der Waals surface area contributed by atoms with Crippen LogP contribution < -0.4 is 5.73 Å². The van der Waals surface area contributed by atoms with Crippen LogP contribution in [-0.2, 0) is 16.0 Å². The number of aromatic nitrogens is 1. The van der Waals surface area contributed by atoms with Gasteiger partial charge in [-0.05, 0) is 44.3 Å². The highest BCUT2D eigenvalue weighted by atomic mass is 79.9. The molecule has 0 amide bonds. The molecule has 0 radical (unpaired) electrons. The number of methoxy groups -OCH3 is 1. The lowest BCUT2D eigenvalue weighted by molar-refractivity contribution is -0.140. The number of carbonyl (C=O) groups excluding carboxylic acids is 1. The van der Waals surface area contributed by atoms with Gasteiger partial charge in [0.25, 0.3) is 0 Å². The number of esters is 1. The van der Waals surface area contributed by atoms with E-state index >= 15 is 0 Å². The molecule has 0 aliphatic carbocycles. The second-order valence-electron chi connectivity index (χ2n) is 3.66. The van der Waals surface area contributed by atoms with Crippen LogP contribution in [0.3, 0.4) is 0 Å². The first-order valence-corrected chi connectivity index (χ1v) is 6.74. The maximum Gasteiger partial charge on any atom is 0.305 e. The van der Waals surface area contributed by atoms with E-state index in [0.29, 0.717) is 19.3 Å². The van der Waals surface area contributed by atoms with E-state index in [-0.39, 0.29) is 12.0 Å². The Morgan fingerprint density at radius 3 is 2.88 bits per heavy atom. The van der Waals surface area contributed by atoms with Gasteiger partial charge in [0, 0.05) is 34.0 Å². The van der Waals surface area contributed by atoms with E-state index in [1.54, 1.807) is 6.20 Å². The summed E-state index contributed by atoms with van der Waals surface area (Å²) in [6.45, 7) is 0. The van der Waals surface area contributed by atoms with Crippen LogP contribution in [0.1, 0.15) is 18.5 Å². The quantitative estimate of drug-likeness (QED) is 0.814. The Balaban J connectivity index is 2.50. The monoisotopic (exact) mass is 364 g/mol. The van der Waals surface area contributed by atoms with E-state index in [9.17, 15) is 4.79 Å². The summed E-state index contributed by atoms with van der Waals surface area (Å²) in [5.74, 6) is -0.233. The highest BCUT2D eigenvalue weighted by molar-refractivity contribution is 9.11. The van der Waals surface area contributed by atoms with Crippen molar-refractivity contribution in [2.75, 3.05) is 7.11 Å². The molecule has 1 rings (SSSR count). The lowest BCUT2D eigenvalue weighted by atomic mass is 10.1. The molecule has 94 valence electrons. The largest absolute Gasteiger partial charge is 0.469 e. The van der Waals surface area contributed by atoms with Crippen LogP contribution in [0.5, 0.6) is 0 Å². The molecule has 0 aromatic carbocycles. The Kier molecular flexibility index (Phi) is 6.08. The summed E-state index contributed by atoms with van der Waals surface area (Å²) in [7, 11) is 1.38. The lowest BCUT2D eigenvalue weighted by Crippen LogP contribution is -2.24. The molecular formula is C11H14Br2N2O2. The zero-order valence-corrected chi connectivity index (χ0v) is 12.6. The summed E-state index contributed by atoms with van der Waals surface area (Å²) in [6, 6.07) is 1.83. The average Bonchev–Trinajstić information content (AvgIpc) is 2.29. The Morgan fingerprint density at radius 2 is 2.29 bits per heavy atom. The molecule has 0 saturated carbocycles. The molecule has 1 heterocycles. The van der Waals surface area contributed by atoms with Gasteiger partial charge in [-0.25, -0.2) is 0 Å². The fourth-order valence-electron chi connectivity index (χ4n) is 1.35. The van der Waals surface area contributed by atoms with Gasteiger partial charge < -0.3 is 10.5 Å². The molecule has 4 nitrogen and oxygen atoms in total. The van der Waals surface area contributed by atoms with Gasteiger partial charge in [0.05, 0.1) is 12.8 Å². The molecule has 17 heavy (non-hydrogen) atoms. The van der Waals surface area contributed by atoms with E-state index in [1.807, 2.05) is 6.07 Å². The Bertz CT molecular complexity index is 399. The van der Waals surface area contributed by atoms with Gasteiger partial charge in [-0.1, -0.05) is 0 Å². The summed E-state index contributed by atoms with van der Waals surface area (Å²) in [5, 5.41) is 0. The number of nitrogens with zero attached hydrogens (tertiary/aromatic N) is 1.